The van der Waals surface area contributed by atoms with Gasteiger partial charge in [0.15, 0.2) is 0 Å². The molecule has 0 saturated heterocycles. The summed E-state index contributed by atoms with van der Waals surface area (Å²) in [6.45, 7) is 1.35. The van der Waals surface area contributed by atoms with Gasteiger partial charge in [0, 0.05) is 40.1 Å². The molecule has 0 spiro atoms. The van der Waals surface area contributed by atoms with Gasteiger partial charge in [-0.2, -0.15) is 16.3 Å². The minimum Gasteiger partial charge on any atom is -0.339 e. The smallest absolute Gasteiger partial charge is 0.227 e. The Morgan fingerprint density at radius 1 is 1.04 bits per heavy atom. The molecule has 0 aromatic carbocycles. The van der Waals surface area contributed by atoms with E-state index >= 15 is 0 Å². The maximum atomic E-state index is 12.9. The van der Waals surface area contributed by atoms with Gasteiger partial charge in [-0.1, -0.05) is 17.3 Å². The van der Waals surface area contributed by atoms with E-state index in [1.807, 2.05) is 39.2 Å². The van der Waals surface area contributed by atoms with E-state index < -0.39 is 0 Å². The van der Waals surface area contributed by atoms with Crippen LogP contribution in [-0.2, 0) is 24.2 Å². The number of hydrogen-bond acceptors (Lipinski definition) is 7. The summed E-state index contributed by atoms with van der Waals surface area (Å²) in [6.07, 6.45) is 1.69. The van der Waals surface area contributed by atoms with Gasteiger partial charge in [-0.05, 0) is 40.8 Å². The first kappa shape index (κ1) is 19.0. The van der Waals surface area contributed by atoms with Crippen LogP contribution in [0.4, 0.5) is 0 Å². The molecule has 5 nitrogen and oxygen atoms in total. The quantitative estimate of drug-likeness (QED) is 0.370. The molecule has 4 aromatic rings. The van der Waals surface area contributed by atoms with Crippen molar-refractivity contribution in [2.24, 2.45) is 0 Å². The van der Waals surface area contributed by atoms with Crippen LogP contribution in [0.15, 0.2) is 56.4 Å². The summed E-state index contributed by atoms with van der Waals surface area (Å²) in [7, 11) is 0. The van der Waals surface area contributed by atoms with Crippen LogP contribution in [0.2, 0.25) is 0 Å². The van der Waals surface area contributed by atoms with Gasteiger partial charge in [0.05, 0.1) is 6.54 Å². The second-order valence-electron chi connectivity index (χ2n) is 6.25. The fraction of sp³-hybridized carbons (Fsp3) is 0.250. The molecule has 0 aliphatic carbocycles. The summed E-state index contributed by atoms with van der Waals surface area (Å²) >= 11 is 5.00. The Kier molecular flexibility index (Phi) is 6.31. The fourth-order valence-corrected chi connectivity index (χ4v) is 4.87. The summed E-state index contributed by atoms with van der Waals surface area (Å²) in [5.41, 5.74) is 0.946. The molecule has 0 aliphatic heterocycles. The standard InChI is InChI=1S/C20H19N3O2S3/c24-19(6-5-18-21-20(22-25-18)15-8-12-26-14-15)23(13-17-4-2-11-28-17)9-7-16-3-1-10-27-16/h1-4,8,10-12,14H,5-7,9,13H2. The molecule has 0 saturated carbocycles. The normalized spacial score (nSPS) is 11.0. The molecular weight excluding hydrogens is 410 g/mol. The predicted molar refractivity (Wildman–Crippen MR) is 114 cm³/mol. The number of thiophene rings is 3. The highest BCUT2D eigenvalue weighted by Crippen LogP contribution is 2.20. The largest absolute Gasteiger partial charge is 0.339 e. The molecule has 4 aromatic heterocycles. The van der Waals surface area contributed by atoms with Crippen molar-refractivity contribution >= 4 is 39.9 Å². The highest BCUT2D eigenvalue weighted by atomic mass is 32.1. The Bertz CT molecular complexity index is 976. The first-order chi connectivity index (χ1) is 13.8. The second kappa shape index (κ2) is 9.27. The third-order valence-electron chi connectivity index (χ3n) is 4.29. The number of nitrogens with zero attached hydrogens (tertiary/aromatic N) is 3. The molecule has 1 amide bonds. The first-order valence-electron chi connectivity index (χ1n) is 8.95. The van der Waals surface area contributed by atoms with Crippen LogP contribution < -0.4 is 0 Å². The van der Waals surface area contributed by atoms with Gasteiger partial charge in [0.1, 0.15) is 0 Å². The average molecular weight is 430 g/mol. The Morgan fingerprint density at radius 2 is 1.86 bits per heavy atom. The lowest BCUT2D eigenvalue weighted by molar-refractivity contribution is -0.131. The van der Waals surface area contributed by atoms with Crippen molar-refractivity contribution in [3.05, 3.63) is 67.5 Å². The van der Waals surface area contributed by atoms with E-state index in [9.17, 15) is 4.79 Å². The number of hydrogen-bond donors (Lipinski definition) is 0. The van der Waals surface area contributed by atoms with Crippen molar-refractivity contribution in [3.8, 4) is 11.4 Å². The molecule has 0 unspecified atom stereocenters. The highest BCUT2D eigenvalue weighted by Gasteiger charge is 2.17. The zero-order valence-electron chi connectivity index (χ0n) is 15.1. The Labute approximate surface area is 175 Å². The molecule has 8 heteroatoms. The molecular formula is C20H19N3O2S3. The van der Waals surface area contributed by atoms with Crippen molar-refractivity contribution in [3.63, 3.8) is 0 Å². The number of aryl methyl sites for hydroxylation is 1. The summed E-state index contributed by atoms with van der Waals surface area (Å²) in [5.74, 6) is 1.20. The third kappa shape index (κ3) is 4.95. The van der Waals surface area contributed by atoms with Crippen molar-refractivity contribution in [1.82, 2.24) is 15.0 Å². The van der Waals surface area contributed by atoms with E-state index in [-0.39, 0.29) is 5.91 Å². The molecule has 0 aliphatic rings. The summed E-state index contributed by atoms with van der Waals surface area (Å²) in [5, 5.41) is 12.1. The maximum Gasteiger partial charge on any atom is 0.227 e. The van der Waals surface area contributed by atoms with Crippen LogP contribution in [-0.4, -0.2) is 27.5 Å². The number of aromatic nitrogens is 2. The number of rotatable bonds is 9. The summed E-state index contributed by atoms with van der Waals surface area (Å²) in [4.78, 5) is 21.7. The lowest BCUT2D eigenvalue weighted by atomic mass is 10.2. The van der Waals surface area contributed by atoms with Crippen LogP contribution in [0.3, 0.4) is 0 Å². The topological polar surface area (TPSA) is 59.2 Å². The predicted octanol–water partition coefficient (Wildman–Crippen LogP) is 5.13. The highest BCUT2D eigenvalue weighted by molar-refractivity contribution is 7.10. The Hall–Kier alpha value is -2.29. The van der Waals surface area contributed by atoms with E-state index in [2.05, 4.69) is 27.7 Å². The van der Waals surface area contributed by atoms with Crippen molar-refractivity contribution in [2.45, 2.75) is 25.8 Å². The van der Waals surface area contributed by atoms with Crippen LogP contribution in [0, 0.1) is 0 Å². The monoisotopic (exact) mass is 429 g/mol. The molecule has 144 valence electrons. The number of amides is 1. The van der Waals surface area contributed by atoms with Gasteiger partial charge >= 0.3 is 0 Å². The minimum atomic E-state index is 0.111. The zero-order chi connectivity index (χ0) is 19.2. The number of carbonyl (C=O) groups is 1. The van der Waals surface area contributed by atoms with Crippen LogP contribution >= 0.6 is 34.0 Å². The maximum absolute atomic E-state index is 12.9. The summed E-state index contributed by atoms with van der Waals surface area (Å²) < 4.78 is 5.32. The van der Waals surface area contributed by atoms with Gasteiger partial charge in [-0.25, -0.2) is 0 Å². The van der Waals surface area contributed by atoms with Gasteiger partial charge in [0.25, 0.3) is 0 Å². The van der Waals surface area contributed by atoms with Crippen LogP contribution in [0.25, 0.3) is 11.4 Å². The summed E-state index contributed by atoms with van der Waals surface area (Å²) in [6, 6.07) is 10.2. The third-order valence-corrected chi connectivity index (χ3v) is 6.77. The van der Waals surface area contributed by atoms with Gasteiger partial charge in [-0.15, -0.1) is 22.7 Å². The molecule has 4 heterocycles. The molecule has 28 heavy (non-hydrogen) atoms. The minimum absolute atomic E-state index is 0.111. The molecule has 0 N–H and O–H groups in total. The number of carbonyl (C=O) groups excluding carboxylic acids is 1. The molecule has 0 bridgehead atoms. The van der Waals surface area contributed by atoms with Gasteiger partial charge < -0.3 is 9.42 Å². The molecule has 0 radical (unpaired) electrons. The van der Waals surface area contributed by atoms with Crippen LogP contribution in [0.5, 0.6) is 0 Å². The van der Waals surface area contributed by atoms with E-state index in [0.29, 0.717) is 37.6 Å². The van der Waals surface area contributed by atoms with Gasteiger partial charge in [-0.3, -0.25) is 4.79 Å². The van der Waals surface area contributed by atoms with E-state index in [0.717, 1.165) is 12.0 Å². The van der Waals surface area contributed by atoms with Crippen molar-refractivity contribution < 1.29 is 9.32 Å². The van der Waals surface area contributed by atoms with E-state index in [1.54, 1.807) is 34.0 Å². The van der Waals surface area contributed by atoms with Crippen molar-refractivity contribution in [2.75, 3.05) is 6.54 Å². The average Bonchev–Trinajstić information content (AvgIpc) is 3.50. The molecule has 0 fully saturated rings. The molecule has 4 rings (SSSR count). The fourth-order valence-electron chi connectivity index (χ4n) is 2.82. The molecule has 0 atom stereocenters. The van der Waals surface area contributed by atoms with Gasteiger partial charge in [0.2, 0.25) is 17.6 Å². The Balaban J connectivity index is 1.37. The lowest BCUT2D eigenvalue weighted by Gasteiger charge is -2.21. The van der Waals surface area contributed by atoms with E-state index in [4.69, 9.17) is 4.52 Å². The van der Waals surface area contributed by atoms with Crippen LogP contribution in [0.1, 0.15) is 22.1 Å². The van der Waals surface area contributed by atoms with E-state index in [1.165, 1.54) is 9.75 Å². The lowest BCUT2D eigenvalue weighted by Crippen LogP contribution is -2.32. The second-order valence-corrected chi connectivity index (χ2v) is 9.09. The zero-order valence-corrected chi connectivity index (χ0v) is 17.6. The first-order valence-corrected chi connectivity index (χ1v) is 11.7. The Morgan fingerprint density at radius 3 is 2.57 bits per heavy atom. The van der Waals surface area contributed by atoms with Crippen molar-refractivity contribution in [1.29, 1.82) is 0 Å². The SMILES string of the molecule is O=C(CCc1nc(-c2ccsc2)no1)N(CCc1cccs1)Cc1cccs1.